The fraction of sp³-hybridized carbons (Fsp3) is 0.333. The zero-order valence-electron chi connectivity index (χ0n) is 20.7. The van der Waals surface area contributed by atoms with Gasteiger partial charge in [-0.3, -0.25) is 14.5 Å². The molecule has 1 aliphatic heterocycles. The van der Waals surface area contributed by atoms with E-state index in [1.165, 1.54) is 17.9 Å². The number of ether oxygens (including phenoxy) is 4. The van der Waals surface area contributed by atoms with Gasteiger partial charge in [-0.2, -0.15) is 0 Å². The van der Waals surface area contributed by atoms with E-state index in [4.69, 9.17) is 23.4 Å². The van der Waals surface area contributed by atoms with Crippen molar-refractivity contribution in [2.45, 2.75) is 26.1 Å². The Morgan fingerprint density at radius 3 is 2.42 bits per heavy atom. The Morgan fingerprint density at radius 2 is 1.69 bits per heavy atom. The van der Waals surface area contributed by atoms with Crippen LogP contribution in [0.5, 0.6) is 23.0 Å². The van der Waals surface area contributed by atoms with Gasteiger partial charge in [-0.25, -0.2) is 0 Å². The fourth-order valence-electron chi connectivity index (χ4n) is 4.16. The summed E-state index contributed by atoms with van der Waals surface area (Å²) in [7, 11) is 4.82. The number of carbonyl (C=O) groups is 1. The van der Waals surface area contributed by atoms with Gasteiger partial charge in [0.25, 0.3) is 5.91 Å². The summed E-state index contributed by atoms with van der Waals surface area (Å²) in [6.45, 7) is 1.98. The van der Waals surface area contributed by atoms with Gasteiger partial charge >= 0.3 is 0 Å². The van der Waals surface area contributed by atoms with Crippen molar-refractivity contribution < 1.29 is 28.2 Å². The molecule has 1 amide bonds. The van der Waals surface area contributed by atoms with Crippen LogP contribution in [0.15, 0.2) is 57.9 Å². The Morgan fingerprint density at radius 1 is 0.972 bits per heavy atom. The Balaban J connectivity index is 1.31. The van der Waals surface area contributed by atoms with Crippen molar-refractivity contribution in [1.29, 1.82) is 0 Å². The van der Waals surface area contributed by atoms with Crippen molar-refractivity contribution in [1.82, 2.24) is 10.2 Å². The third-order valence-electron chi connectivity index (χ3n) is 6.06. The SMILES string of the molecule is COc1ccccc1CNC(=O)COc1coc(CN2CCc3cc(OC)c(OC)cc3C2)cc1=O. The zero-order chi connectivity index (χ0) is 25.5. The molecule has 4 rings (SSSR count). The molecule has 3 aromatic rings. The van der Waals surface area contributed by atoms with Gasteiger partial charge in [0, 0.05) is 31.3 Å². The minimum atomic E-state index is -0.358. The molecule has 0 unspecified atom stereocenters. The van der Waals surface area contributed by atoms with Gasteiger partial charge in [-0.05, 0) is 35.7 Å². The van der Waals surface area contributed by atoms with Gasteiger partial charge in [0.15, 0.2) is 18.1 Å². The van der Waals surface area contributed by atoms with E-state index in [0.29, 0.717) is 30.3 Å². The van der Waals surface area contributed by atoms with Gasteiger partial charge in [-0.1, -0.05) is 18.2 Å². The second-order valence-corrected chi connectivity index (χ2v) is 8.39. The molecule has 0 bridgehead atoms. The molecule has 0 atom stereocenters. The molecule has 0 aliphatic carbocycles. The summed E-state index contributed by atoms with van der Waals surface area (Å²) in [5, 5.41) is 2.75. The Labute approximate surface area is 209 Å². The van der Waals surface area contributed by atoms with Crippen molar-refractivity contribution in [3.05, 3.63) is 81.4 Å². The molecule has 0 saturated carbocycles. The van der Waals surface area contributed by atoms with E-state index >= 15 is 0 Å². The predicted molar refractivity (Wildman–Crippen MR) is 133 cm³/mol. The van der Waals surface area contributed by atoms with E-state index in [1.807, 2.05) is 36.4 Å². The van der Waals surface area contributed by atoms with Gasteiger partial charge in [0.1, 0.15) is 17.8 Å². The summed E-state index contributed by atoms with van der Waals surface area (Å²) in [5.41, 5.74) is 2.88. The molecule has 1 aliphatic rings. The largest absolute Gasteiger partial charge is 0.496 e. The molecule has 190 valence electrons. The number of para-hydroxylation sites is 1. The maximum Gasteiger partial charge on any atom is 0.258 e. The first-order valence-corrected chi connectivity index (χ1v) is 11.6. The second-order valence-electron chi connectivity index (χ2n) is 8.39. The highest BCUT2D eigenvalue weighted by Gasteiger charge is 2.20. The summed E-state index contributed by atoms with van der Waals surface area (Å²) in [6, 6.07) is 12.8. The topological polar surface area (TPSA) is 99.5 Å². The van der Waals surface area contributed by atoms with Crippen LogP contribution in [0, 0.1) is 0 Å². The summed E-state index contributed by atoms with van der Waals surface area (Å²) in [6.07, 6.45) is 2.11. The van der Waals surface area contributed by atoms with E-state index in [0.717, 1.165) is 29.8 Å². The van der Waals surface area contributed by atoms with Gasteiger partial charge in [0.05, 0.1) is 27.9 Å². The third kappa shape index (κ3) is 5.98. The van der Waals surface area contributed by atoms with Crippen LogP contribution in [-0.4, -0.2) is 45.3 Å². The monoisotopic (exact) mass is 494 g/mol. The highest BCUT2D eigenvalue weighted by atomic mass is 16.5. The summed E-state index contributed by atoms with van der Waals surface area (Å²) in [5.74, 6) is 2.26. The molecule has 0 fully saturated rings. The van der Waals surface area contributed by atoms with Crippen LogP contribution >= 0.6 is 0 Å². The lowest BCUT2D eigenvalue weighted by molar-refractivity contribution is -0.123. The first-order chi connectivity index (χ1) is 17.5. The fourth-order valence-corrected chi connectivity index (χ4v) is 4.16. The number of hydrogen-bond acceptors (Lipinski definition) is 8. The Bertz CT molecular complexity index is 1270. The van der Waals surface area contributed by atoms with E-state index in [9.17, 15) is 9.59 Å². The quantitative estimate of drug-likeness (QED) is 0.459. The Hall–Kier alpha value is -3.98. The highest BCUT2D eigenvalue weighted by Crippen LogP contribution is 2.33. The molecule has 9 nitrogen and oxygen atoms in total. The van der Waals surface area contributed by atoms with Crippen LogP contribution in [0.3, 0.4) is 0 Å². The van der Waals surface area contributed by atoms with Crippen molar-refractivity contribution in [3.63, 3.8) is 0 Å². The number of rotatable bonds is 10. The van der Waals surface area contributed by atoms with Gasteiger partial charge < -0.3 is 28.7 Å². The standard InChI is InChI=1S/C27H30N2O7/c1-32-23-7-5-4-6-19(23)13-28-27(31)17-36-26-16-35-21(12-22(26)30)15-29-9-8-18-10-24(33-2)25(34-3)11-20(18)14-29/h4-7,10-12,16H,8-9,13-15,17H2,1-3H3,(H,28,31). The van der Waals surface area contributed by atoms with E-state index in [1.54, 1.807) is 21.3 Å². The minimum absolute atomic E-state index is 0.00740. The smallest absolute Gasteiger partial charge is 0.258 e. The van der Waals surface area contributed by atoms with E-state index < -0.39 is 0 Å². The molecule has 0 spiro atoms. The number of hydrogen-bond donors (Lipinski definition) is 1. The third-order valence-corrected chi connectivity index (χ3v) is 6.06. The van der Waals surface area contributed by atoms with Crippen LogP contribution < -0.4 is 29.7 Å². The average Bonchev–Trinajstić information content (AvgIpc) is 2.90. The summed E-state index contributed by atoms with van der Waals surface area (Å²) in [4.78, 5) is 26.9. The molecular weight excluding hydrogens is 464 g/mol. The molecule has 2 aromatic carbocycles. The van der Waals surface area contributed by atoms with Gasteiger partial charge in [0.2, 0.25) is 11.2 Å². The van der Waals surface area contributed by atoms with Crippen LogP contribution in [0.2, 0.25) is 0 Å². The molecule has 2 heterocycles. The molecule has 1 aromatic heterocycles. The number of methoxy groups -OCH3 is 3. The number of carbonyl (C=O) groups excluding carboxylic acids is 1. The average molecular weight is 495 g/mol. The lowest BCUT2D eigenvalue weighted by Gasteiger charge is -2.29. The van der Waals surface area contributed by atoms with Crippen LogP contribution in [0.1, 0.15) is 22.5 Å². The second kappa shape index (κ2) is 11.6. The molecule has 1 N–H and O–H groups in total. The lowest BCUT2D eigenvalue weighted by Crippen LogP contribution is -2.30. The molecule has 0 radical (unpaired) electrons. The van der Waals surface area contributed by atoms with Gasteiger partial charge in [-0.15, -0.1) is 0 Å². The minimum Gasteiger partial charge on any atom is -0.496 e. The van der Waals surface area contributed by atoms with Crippen LogP contribution in [0.4, 0.5) is 0 Å². The zero-order valence-corrected chi connectivity index (χ0v) is 20.7. The molecule has 9 heteroatoms. The van der Waals surface area contributed by atoms with E-state index in [2.05, 4.69) is 10.2 Å². The molecule has 0 saturated heterocycles. The summed E-state index contributed by atoms with van der Waals surface area (Å²) < 4.78 is 27.1. The van der Waals surface area contributed by atoms with Crippen LogP contribution in [-0.2, 0) is 30.8 Å². The van der Waals surface area contributed by atoms with Crippen molar-refractivity contribution in [2.75, 3.05) is 34.5 Å². The van der Waals surface area contributed by atoms with Crippen molar-refractivity contribution >= 4 is 5.91 Å². The number of nitrogens with zero attached hydrogens (tertiary/aromatic N) is 1. The number of nitrogens with one attached hydrogen (secondary N) is 1. The van der Waals surface area contributed by atoms with Crippen LogP contribution in [0.25, 0.3) is 0 Å². The lowest BCUT2D eigenvalue weighted by atomic mass is 9.98. The highest BCUT2D eigenvalue weighted by molar-refractivity contribution is 5.77. The Kier molecular flexibility index (Phi) is 8.12. The maximum absolute atomic E-state index is 12.5. The normalized spacial score (nSPS) is 13.0. The van der Waals surface area contributed by atoms with Crippen molar-refractivity contribution in [2.24, 2.45) is 0 Å². The first kappa shape index (κ1) is 25.1. The molecule has 36 heavy (non-hydrogen) atoms. The number of benzene rings is 2. The number of amides is 1. The first-order valence-electron chi connectivity index (χ1n) is 11.6. The van der Waals surface area contributed by atoms with Crippen molar-refractivity contribution in [3.8, 4) is 23.0 Å². The summed E-state index contributed by atoms with van der Waals surface area (Å²) >= 11 is 0. The predicted octanol–water partition coefficient (Wildman–Crippen LogP) is 2.92. The molecular formula is C27H30N2O7. The maximum atomic E-state index is 12.5. The number of fused-ring (bicyclic) bond motifs is 1. The van der Waals surface area contributed by atoms with E-state index in [-0.39, 0.29) is 30.2 Å².